The van der Waals surface area contributed by atoms with E-state index in [4.69, 9.17) is 0 Å². The van der Waals surface area contributed by atoms with Crippen LogP contribution in [0, 0.1) is 17.2 Å². The molecule has 7 heteroatoms. The lowest BCUT2D eigenvalue weighted by Crippen LogP contribution is -2.43. The molecule has 7 nitrogen and oxygen atoms in total. The highest BCUT2D eigenvalue weighted by atomic mass is 16.2. The highest BCUT2D eigenvalue weighted by molar-refractivity contribution is 6.35. The Kier molecular flexibility index (Phi) is 6.58. The van der Waals surface area contributed by atoms with Crippen molar-refractivity contribution < 1.29 is 9.59 Å². The van der Waals surface area contributed by atoms with Crippen molar-refractivity contribution in [1.29, 1.82) is 5.26 Å². The predicted octanol–water partition coefficient (Wildman–Crippen LogP) is 1.60. The first-order valence-electron chi connectivity index (χ1n) is 9.37. The van der Waals surface area contributed by atoms with E-state index in [2.05, 4.69) is 26.6 Å². The van der Waals surface area contributed by atoms with Crippen LogP contribution in [0.15, 0.2) is 48.7 Å². The molecule has 1 aromatic heterocycles. The maximum Gasteiger partial charge on any atom is 0.309 e. The highest BCUT2D eigenvalue weighted by Gasteiger charge is 2.23. The minimum absolute atomic E-state index is 0.302. The van der Waals surface area contributed by atoms with Crippen LogP contribution >= 0.6 is 0 Å². The van der Waals surface area contributed by atoms with Crippen molar-refractivity contribution in [2.75, 3.05) is 24.5 Å². The van der Waals surface area contributed by atoms with Gasteiger partial charge in [-0.15, -0.1) is 0 Å². The summed E-state index contributed by atoms with van der Waals surface area (Å²) in [5.74, 6) is -0.201. The quantitative estimate of drug-likeness (QED) is 0.772. The first-order chi connectivity index (χ1) is 13.7. The molecule has 2 amide bonds. The number of carbonyl (C=O) groups is 2. The monoisotopic (exact) mass is 377 g/mol. The van der Waals surface area contributed by atoms with Crippen LogP contribution in [-0.2, 0) is 16.1 Å². The second-order valence-corrected chi connectivity index (χ2v) is 6.80. The minimum atomic E-state index is -0.617. The fourth-order valence-corrected chi connectivity index (χ4v) is 3.26. The fourth-order valence-electron chi connectivity index (χ4n) is 3.26. The Bertz CT molecular complexity index is 855. The molecule has 2 heterocycles. The maximum absolute atomic E-state index is 12.0. The standard InChI is InChI=1S/C21H23N5O2/c22-13-18-7-4-10-23-19(18)26-11-8-17(9-12-26)15-25-21(28)20(27)24-14-16-5-2-1-3-6-16/h1-7,10,17H,8-9,11-12,14-15H2,(H,24,27)(H,25,28). The number of benzene rings is 1. The molecule has 0 bridgehead atoms. The van der Waals surface area contributed by atoms with Gasteiger partial charge in [0.2, 0.25) is 0 Å². The van der Waals surface area contributed by atoms with Crippen LogP contribution in [0.2, 0.25) is 0 Å². The zero-order valence-corrected chi connectivity index (χ0v) is 15.6. The third-order valence-electron chi connectivity index (χ3n) is 4.87. The van der Waals surface area contributed by atoms with Crippen molar-refractivity contribution in [3.8, 4) is 6.07 Å². The number of aromatic nitrogens is 1. The lowest BCUT2D eigenvalue weighted by atomic mass is 9.96. The first kappa shape index (κ1) is 19.4. The molecule has 1 fully saturated rings. The molecule has 144 valence electrons. The van der Waals surface area contributed by atoms with E-state index in [0.29, 0.717) is 30.4 Å². The van der Waals surface area contributed by atoms with Gasteiger partial charge in [-0.1, -0.05) is 30.3 Å². The largest absolute Gasteiger partial charge is 0.356 e. The summed E-state index contributed by atoms with van der Waals surface area (Å²) in [5, 5.41) is 14.6. The summed E-state index contributed by atoms with van der Waals surface area (Å²) in [5.41, 5.74) is 1.52. The Morgan fingerprint density at radius 1 is 1.07 bits per heavy atom. The number of rotatable bonds is 5. The molecule has 28 heavy (non-hydrogen) atoms. The summed E-state index contributed by atoms with van der Waals surface area (Å²) in [6.45, 7) is 2.34. The third-order valence-corrected chi connectivity index (χ3v) is 4.87. The van der Waals surface area contributed by atoms with Gasteiger partial charge in [0.15, 0.2) is 0 Å². The Hall–Kier alpha value is -3.40. The number of nitrogens with one attached hydrogen (secondary N) is 2. The Labute approximate surface area is 164 Å². The number of carbonyl (C=O) groups excluding carboxylic acids is 2. The fraction of sp³-hybridized carbons (Fsp3) is 0.333. The molecule has 1 saturated heterocycles. The number of anilines is 1. The van der Waals surface area contributed by atoms with E-state index in [-0.39, 0.29) is 0 Å². The summed E-state index contributed by atoms with van der Waals surface area (Å²) in [6, 6.07) is 15.2. The van der Waals surface area contributed by atoms with Crippen molar-refractivity contribution in [2.24, 2.45) is 5.92 Å². The van der Waals surface area contributed by atoms with E-state index in [1.165, 1.54) is 0 Å². The number of piperidine rings is 1. The predicted molar refractivity (Wildman–Crippen MR) is 105 cm³/mol. The molecule has 0 radical (unpaired) electrons. The first-order valence-corrected chi connectivity index (χ1v) is 9.37. The zero-order chi connectivity index (χ0) is 19.8. The van der Waals surface area contributed by atoms with Crippen LogP contribution < -0.4 is 15.5 Å². The second-order valence-electron chi connectivity index (χ2n) is 6.80. The molecule has 1 aliphatic rings. The van der Waals surface area contributed by atoms with Gasteiger partial charge in [0, 0.05) is 32.4 Å². The topological polar surface area (TPSA) is 98.1 Å². The van der Waals surface area contributed by atoms with Gasteiger partial charge in [-0.25, -0.2) is 4.98 Å². The summed E-state index contributed by atoms with van der Waals surface area (Å²) >= 11 is 0. The van der Waals surface area contributed by atoms with E-state index in [0.717, 1.165) is 31.5 Å². The van der Waals surface area contributed by atoms with Gasteiger partial charge >= 0.3 is 11.8 Å². The molecule has 0 aliphatic carbocycles. The molecule has 0 spiro atoms. The van der Waals surface area contributed by atoms with Gasteiger partial charge in [-0.05, 0) is 36.5 Å². The molecular formula is C21H23N5O2. The zero-order valence-electron chi connectivity index (χ0n) is 15.6. The van der Waals surface area contributed by atoms with E-state index in [9.17, 15) is 14.9 Å². The van der Waals surface area contributed by atoms with Crippen molar-refractivity contribution in [1.82, 2.24) is 15.6 Å². The van der Waals surface area contributed by atoms with Crippen molar-refractivity contribution in [3.63, 3.8) is 0 Å². The molecule has 1 aliphatic heterocycles. The number of nitriles is 1. The van der Waals surface area contributed by atoms with Crippen molar-refractivity contribution >= 4 is 17.6 Å². The number of nitrogens with zero attached hydrogens (tertiary/aromatic N) is 3. The van der Waals surface area contributed by atoms with Crippen LogP contribution in [0.3, 0.4) is 0 Å². The van der Waals surface area contributed by atoms with Gasteiger partial charge in [0.25, 0.3) is 0 Å². The van der Waals surface area contributed by atoms with E-state index in [1.54, 1.807) is 18.3 Å². The normalized spacial score (nSPS) is 14.2. The lowest BCUT2D eigenvalue weighted by Gasteiger charge is -2.33. The summed E-state index contributed by atoms with van der Waals surface area (Å²) in [4.78, 5) is 30.3. The van der Waals surface area contributed by atoms with Gasteiger partial charge < -0.3 is 15.5 Å². The molecule has 0 unspecified atom stereocenters. The van der Waals surface area contributed by atoms with E-state index in [1.807, 2.05) is 30.3 Å². The minimum Gasteiger partial charge on any atom is -0.356 e. The van der Waals surface area contributed by atoms with Gasteiger partial charge in [0.05, 0.1) is 5.56 Å². The van der Waals surface area contributed by atoms with Crippen LogP contribution in [0.25, 0.3) is 0 Å². The molecule has 2 N–H and O–H groups in total. The van der Waals surface area contributed by atoms with Gasteiger partial charge in [0.1, 0.15) is 11.9 Å². The Morgan fingerprint density at radius 2 is 1.79 bits per heavy atom. The highest BCUT2D eigenvalue weighted by Crippen LogP contribution is 2.23. The molecule has 2 aromatic rings. The number of pyridine rings is 1. The van der Waals surface area contributed by atoms with Crippen LogP contribution in [0.1, 0.15) is 24.0 Å². The number of amides is 2. The second kappa shape index (κ2) is 9.51. The number of hydrogen-bond acceptors (Lipinski definition) is 5. The van der Waals surface area contributed by atoms with Crippen LogP contribution in [-0.4, -0.2) is 36.4 Å². The lowest BCUT2D eigenvalue weighted by molar-refractivity contribution is -0.139. The van der Waals surface area contributed by atoms with Gasteiger partial charge in [-0.2, -0.15) is 5.26 Å². The Balaban J connectivity index is 1.40. The molecule has 1 aromatic carbocycles. The summed E-state index contributed by atoms with van der Waals surface area (Å²) < 4.78 is 0. The van der Waals surface area contributed by atoms with E-state index < -0.39 is 11.8 Å². The smallest absolute Gasteiger partial charge is 0.309 e. The SMILES string of the molecule is N#Cc1cccnc1N1CCC(CNC(=O)C(=O)NCc2ccccc2)CC1. The van der Waals surface area contributed by atoms with Crippen molar-refractivity contribution in [3.05, 3.63) is 59.8 Å². The van der Waals surface area contributed by atoms with E-state index >= 15 is 0 Å². The number of hydrogen-bond donors (Lipinski definition) is 2. The third kappa shape index (κ3) is 5.07. The van der Waals surface area contributed by atoms with Crippen LogP contribution in [0.5, 0.6) is 0 Å². The average Bonchev–Trinajstić information content (AvgIpc) is 2.76. The summed E-state index contributed by atoms with van der Waals surface area (Å²) in [6.07, 6.45) is 3.43. The van der Waals surface area contributed by atoms with Gasteiger partial charge in [-0.3, -0.25) is 9.59 Å². The Morgan fingerprint density at radius 3 is 2.50 bits per heavy atom. The van der Waals surface area contributed by atoms with Crippen LogP contribution in [0.4, 0.5) is 5.82 Å². The molecule has 0 atom stereocenters. The average molecular weight is 377 g/mol. The molecule has 0 saturated carbocycles. The maximum atomic E-state index is 12.0. The molecular weight excluding hydrogens is 354 g/mol. The van der Waals surface area contributed by atoms with Crippen molar-refractivity contribution in [2.45, 2.75) is 19.4 Å². The molecule has 3 rings (SSSR count). The summed E-state index contributed by atoms with van der Waals surface area (Å²) in [7, 11) is 0.